The van der Waals surface area contributed by atoms with Gasteiger partial charge in [0, 0.05) is 24.3 Å². The predicted molar refractivity (Wildman–Crippen MR) is 99.5 cm³/mol. The van der Waals surface area contributed by atoms with E-state index in [4.69, 9.17) is 5.11 Å². The molecule has 0 fully saturated rings. The second-order valence-corrected chi connectivity index (χ2v) is 7.22. The van der Waals surface area contributed by atoms with Crippen LogP contribution in [0.3, 0.4) is 0 Å². The third-order valence-corrected chi connectivity index (χ3v) is 4.54. The maximum atomic E-state index is 12.4. The Balaban J connectivity index is 2.12. The number of para-hydroxylation sites is 1. The van der Waals surface area contributed by atoms with Gasteiger partial charge in [-0.2, -0.15) is 0 Å². The molecular weight excluding hydrogens is 316 g/mol. The van der Waals surface area contributed by atoms with Crippen LogP contribution in [0.5, 0.6) is 0 Å². The number of carbonyl (C=O) groups excluding carboxylic acids is 2. The Morgan fingerprint density at radius 2 is 1.68 bits per heavy atom. The summed E-state index contributed by atoms with van der Waals surface area (Å²) >= 11 is 0. The number of hydrogen-bond donors (Lipinski definition) is 3. The maximum absolute atomic E-state index is 12.4. The molecule has 136 valence electrons. The third kappa shape index (κ3) is 4.69. The van der Waals surface area contributed by atoms with Gasteiger partial charge < -0.3 is 15.7 Å². The summed E-state index contributed by atoms with van der Waals surface area (Å²) in [5, 5.41) is 14.7. The van der Waals surface area contributed by atoms with Crippen molar-refractivity contribution in [3.8, 4) is 0 Å². The van der Waals surface area contributed by atoms with Gasteiger partial charge in [-0.05, 0) is 29.4 Å². The minimum absolute atomic E-state index is 0.0440. The number of amides is 2. The van der Waals surface area contributed by atoms with Crippen molar-refractivity contribution in [2.24, 2.45) is 5.92 Å². The molecule has 1 aromatic carbocycles. The summed E-state index contributed by atoms with van der Waals surface area (Å²) in [5.74, 6) is -0.791. The Labute approximate surface area is 149 Å². The first-order chi connectivity index (χ1) is 11.8. The van der Waals surface area contributed by atoms with E-state index in [0.29, 0.717) is 6.42 Å². The third-order valence-electron chi connectivity index (χ3n) is 4.54. The van der Waals surface area contributed by atoms with Crippen molar-refractivity contribution in [3.05, 3.63) is 41.5 Å². The van der Waals surface area contributed by atoms with Gasteiger partial charge in [0.1, 0.15) is 0 Å². The van der Waals surface area contributed by atoms with Gasteiger partial charge in [-0.25, -0.2) is 0 Å². The molecule has 0 saturated carbocycles. The number of nitrogens with one attached hydrogen (secondary N) is 2. The summed E-state index contributed by atoms with van der Waals surface area (Å²) in [6.45, 7) is 8.30. The van der Waals surface area contributed by atoms with Crippen molar-refractivity contribution in [2.45, 2.75) is 52.0 Å². The lowest BCUT2D eigenvalue weighted by Gasteiger charge is -2.20. The molecular formula is C20H28N2O3. The van der Waals surface area contributed by atoms with E-state index in [0.717, 1.165) is 16.8 Å². The highest BCUT2D eigenvalue weighted by Gasteiger charge is 2.24. The largest absolute Gasteiger partial charge is 0.396 e. The van der Waals surface area contributed by atoms with E-state index in [-0.39, 0.29) is 30.4 Å². The molecule has 0 bridgehead atoms. The zero-order chi connectivity index (χ0) is 18.6. The molecule has 0 aromatic heterocycles. The van der Waals surface area contributed by atoms with Crippen molar-refractivity contribution in [3.63, 3.8) is 0 Å². The maximum Gasteiger partial charge on any atom is 0.313 e. The summed E-state index contributed by atoms with van der Waals surface area (Å²) < 4.78 is 0. The van der Waals surface area contributed by atoms with Gasteiger partial charge >= 0.3 is 11.8 Å². The van der Waals surface area contributed by atoms with Gasteiger partial charge in [0.2, 0.25) is 0 Å². The molecule has 0 saturated heterocycles. The van der Waals surface area contributed by atoms with Gasteiger partial charge in [-0.3, -0.25) is 9.59 Å². The van der Waals surface area contributed by atoms with Crippen molar-refractivity contribution in [1.82, 2.24) is 5.32 Å². The van der Waals surface area contributed by atoms with Gasteiger partial charge in [0.05, 0.1) is 0 Å². The van der Waals surface area contributed by atoms with Crippen LogP contribution in [0.1, 0.15) is 57.1 Å². The lowest BCUT2D eigenvalue weighted by Crippen LogP contribution is -2.41. The minimum Gasteiger partial charge on any atom is -0.396 e. The number of aliphatic hydroxyl groups is 1. The van der Waals surface area contributed by atoms with E-state index in [9.17, 15) is 9.59 Å². The van der Waals surface area contributed by atoms with Crippen molar-refractivity contribution < 1.29 is 14.7 Å². The molecule has 0 unspecified atom stereocenters. The topological polar surface area (TPSA) is 78.4 Å². The van der Waals surface area contributed by atoms with E-state index in [2.05, 4.69) is 38.3 Å². The molecule has 1 aliphatic rings. The normalized spacial score (nSPS) is 19.5. The van der Waals surface area contributed by atoms with Gasteiger partial charge in [0.25, 0.3) is 0 Å². The average Bonchev–Trinajstić information content (AvgIpc) is 3.02. The summed E-state index contributed by atoms with van der Waals surface area (Å²) in [6, 6.07) is 5.74. The average molecular weight is 344 g/mol. The summed E-state index contributed by atoms with van der Waals surface area (Å²) in [5.41, 5.74) is 2.78. The highest BCUT2D eigenvalue weighted by molar-refractivity contribution is 6.39. The van der Waals surface area contributed by atoms with Crippen molar-refractivity contribution in [2.75, 3.05) is 11.9 Å². The van der Waals surface area contributed by atoms with Crippen LogP contribution in [-0.4, -0.2) is 29.6 Å². The van der Waals surface area contributed by atoms with Crippen LogP contribution in [0.2, 0.25) is 0 Å². The zero-order valence-corrected chi connectivity index (χ0v) is 15.4. The molecule has 0 spiro atoms. The Morgan fingerprint density at radius 1 is 1.08 bits per heavy atom. The molecule has 2 amide bonds. The predicted octanol–water partition coefficient (Wildman–Crippen LogP) is 2.93. The smallest absolute Gasteiger partial charge is 0.313 e. The standard InChI is InChI=1S/C20H28N2O3/c1-12(2)16-6-5-7-17(13(3)4)18(16)22-20(25)19(24)21-15-9-8-14(10-15)11-23/h5-9,12-15,23H,10-11H2,1-4H3,(H,21,24)(H,22,25)/t14-,15+/m0/s1. The van der Waals surface area contributed by atoms with Crippen LogP contribution in [0.4, 0.5) is 5.69 Å². The first-order valence-electron chi connectivity index (χ1n) is 8.87. The SMILES string of the molecule is CC(C)c1cccc(C(C)C)c1NC(=O)C(=O)N[C@@H]1C=C[C@H](CO)C1. The van der Waals surface area contributed by atoms with E-state index in [1.165, 1.54) is 0 Å². The van der Waals surface area contributed by atoms with Crippen LogP contribution < -0.4 is 10.6 Å². The van der Waals surface area contributed by atoms with Crippen LogP contribution in [0.25, 0.3) is 0 Å². The lowest BCUT2D eigenvalue weighted by molar-refractivity contribution is -0.136. The van der Waals surface area contributed by atoms with Crippen molar-refractivity contribution >= 4 is 17.5 Å². The first kappa shape index (κ1) is 19.2. The molecule has 25 heavy (non-hydrogen) atoms. The highest BCUT2D eigenvalue weighted by Crippen LogP contribution is 2.32. The Bertz CT molecular complexity index is 639. The molecule has 2 atom stereocenters. The van der Waals surface area contributed by atoms with Gasteiger partial charge in [0.15, 0.2) is 0 Å². The molecule has 3 N–H and O–H groups in total. The number of rotatable bonds is 5. The van der Waals surface area contributed by atoms with E-state index < -0.39 is 11.8 Å². The number of anilines is 1. The fraction of sp³-hybridized carbons (Fsp3) is 0.500. The molecule has 0 heterocycles. The van der Waals surface area contributed by atoms with E-state index >= 15 is 0 Å². The van der Waals surface area contributed by atoms with E-state index in [1.54, 1.807) is 0 Å². The number of aliphatic hydroxyl groups excluding tert-OH is 1. The number of carbonyl (C=O) groups is 2. The second kappa shape index (κ2) is 8.30. The molecule has 1 aliphatic carbocycles. The molecule has 0 aliphatic heterocycles. The molecule has 1 aromatic rings. The first-order valence-corrected chi connectivity index (χ1v) is 8.87. The Morgan fingerprint density at radius 3 is 2.16 bits per heavy atom. The fourth-order valence-electron chi connectivity index (χ4n) is 3.12. The second-order valence-electron chi connectivity index (χ2n) is 7.22. The summed E-state index contributed by atoms with van der Waals surface area (Å²) in [6.07, 6.45) is 4.32. The lowest BCUT2D eigenvalue weighted by atomic mass is 9.92. The minimum atomic E-state index is -0.657. The van der Waals surface area contributed by atoms with Crippen LogP contribution >= 0.6 is 0 Å². The van der Waals surface area contributed by atoms with Gasteiger partial charge in [-0.1, -0.05) is 58.0 Å². The van der Waals surface area contributed by atoms with Crippen LogP contribution in [0, 0.1) is 5.92 Å². The number of benzene rings is 1. The zero-order valence-electron chi connectivity index (χ0n) is 15.4. The van der Waals surface area contributed by atoms with Crippen LogP contribution in [-0.2, 0) is 9.59 Å². The van der Waals surface area contributed by atoms with Gasteiger partial charge in [-0.15, -0.1) is 0 Å². The molecule has 5 nitrogen and oxygen atoms in total. The number of hydrogen-bond acceptors (Lipinski definition) is 3. The molecule has 0 radical (unpaired) electrons. The fourth-order valence-corrected chi connectivity index (χ4v) is 3.12. The Hall–Kier alpha value is -2.14. The highest BCUT2D eigenvalue weighted by atomic mass is 16.3. The van der Waals surface area contributed by atoms with Crippen LogP contribution in [0.15, 0.2) is 30.4 Å². The van der Waals surface area contributed by atoms with E-state index in [1.807, 2.05) is 30.4 Å². The molecule has 2 rings (SSSR count). The summed E-state index contributed by atoms with van der Waals surface area (Å²) in [7, 11) is 0. The Kier molecular flexibility index (Phi) is 6.37. The monoisotopic (exact) mass is 344 g/mol. The summed E-state index contributed by atoms with van der Waals surface area (Å²) in [4.78, 5) is 24.6. The molecule has 5 heteroatoms. The van der Waals surface area contributed by atoms with Crippen molar-refractivity contribution in [1.29, 1.82) is 0 Å². The quantitative estimate of drug-likeness (QED) is 0.568.